The minimum atomic E-state index is -0.212. The van der Waals surface area contributed by atoms with Crippen molar-refractivity contribution in [3.05, 3.63) is 33.8 Å². The summed E-state index contributed by atoms with van der Waals surface area (Å²) in [6.07, 6.45) is 1.96. The van der Waals surface area contributed by atoms with Crippen LogP contribution in [-0.2, 0) is 0 Å². The number of amides is 1. The zero-order chi connectivity index (χ0) is 12.1. The Morgan fingerprint density at radius 1 is 1.38 bits per heavy atom. The lowest BCUT2D eigenvalue weighted by Crippen LogP contribution is -2.32. The first-order chi connectivity index (χ1) is 7.56. The van der Waals surface area contributed by atoms with Crippen LogP contribution in [0.15, 0.2) is 18.2 Å². The molecule has 1 aromatic carbocycles. The van der Waals surface area contributed by atoms with Gasteiger partial charge in [0.25, 0.3) is 5.91 Å². The first-order valence-corrected chi connectivity index (χ1v) is 6.06. The summed E-state index contributed by atoms with van der Waals surface area (Å²) in [6, 6.07) is 5.17. The van der Waals surface area contributed by atoms with Gasteiger partial charge in [-0.1, -0.05) is 42.6 Å². The first-order valence-electron chi connectivity index (χ1n) is 5.31. The van der Waals surface area contributed by atoms with Crippen molar-refractivity contribution in [3.8, 4) is 0 Å². The Morgan fingerprint density at radius 3 is 2.44 bits per heavy atom. The van der Waals surface area contributed by atoms with Crippen LogP contribution < -0.4 is 5.32 Å². The number of hydrogen-bond acceptors (Lipinski definition) is 1. The van der Waals surface area contributed by atoms with Gasteiger partial charge in [0.1, 0.15) is 0 Å². The molecule has 0 radical (unpaired) electrons. The van der Waals surface area contributed by atoms with E-state index in [2.05, 4.69) is 12.2 Å². The molecule has 0 aliphatic rings. The second kappa shape index (κ2) is 6.12. The minimum absolute atomic E-state index is 0.129. The van der Waals surface area contributed by atoms with Crippen LogP contribution in [0.3, 0.4) is 0 Å². The highest BCUT2D eigenvalue weighted by Crippen LogP contribution is 2.24. The van der Waals surface area contributed by atoms with Gasteiger partial charge < -0.3 is 5.32 Å². The van der Waals surface area contributed by atoms with E-state index in [1.54, 1.807) is 18.2 Å². The molecule has 1 atom stereocenters. The van der Waals surface area contributed by atoms with E-state index < -0.39 is 0 Å². The van der Waals surface area contributed by atoms with Crippen LogP contribution in [0.1, 0.15) is 37.0 Å². The van der Waals surface area contributed by atoms with Crippen molar-refractivity contribution in [2.75, 3.05) is 0 Å². The summed E-state index contributed by atoms with van der Waals surface area (Å²) in [5.41, 5.74) is 0.355. The molecule has 0 aliphatic heterocycles. The summed E-state index contributed by atoms with van der Waals surface area (Å²) < 4.78 is 0. The molecule has 1 amide bonds. The van der Waals surface area contributed by atoms with E-state index in [0.717, 1.165) is 12.8 Å². The molecule has 0 saturated carbocycles. The molecule has 0 heterocycles. The molecule has 1 rings (SSSR count). The predicted molar refractivity (Wildman–Crippen MR) is 68.3 cm³/mol. The Balaban J connectivity index is 2.80. The lowest BCUT2D eigenvalue weighted by molar-refractivity contribution is 0.0938. The first kappa shape index (κ1) is 13.3. The van der Waals surface area contributed by atoms with Gasteiger partial charge in [0.05, 0.1) is 15.6 Å². The van der Waals surface area contributed by atoms with Crippen LogP contribution >= 0.6 is 23.2 Å². The topological polar surface area (TPSA) is 29.1 Å². The molecule has 2 nitrogen and oxygen atoms in total. The summed E-state index contributed by atoms with van der Waals surface area (Å²) in [6.45, 7) is 4.04. The standard InChI is InChI=1S/C12H15Cl2NO/c1-3-5-8(2)15-12(16)11-9(13)6-4-7-10(11)14/h4,6-8H,3,5H2,1-2H3,(H,15,16)/t8-/m0/s1. The highest BCUT2D eigenvalue weighted by atomic mass is 35.5. The third-order valence-electron chi connectivity index (χ3n) is 2.29. The lowest BCUT2D eigenvalue weighted by atomic mass is 10.1. The monoisotopic (exact) mass is 259 g/mol. The number of carbonyl (C=O) groups excluding carboxylic acids is 1. The average molecular weight is 260 g/mol. The van der Waals surface area contributed by atoms with Gasteiger partial charge in [-0.2, -0.15) is 0 Å². The molecule has 0 bridgehead atoms. The van der Waals surface area contributed by atoms with E-state index in [1.165, 1.54) is 0 Å². The van der Waals surface area contributed by atoms with Crippen LogP contribution in [0.2, 0.25) is 10.0 Å². The molecule has 0 spiro atoms. The molecule has 1 N–H and O–H groups in total. The third-order valence-corrected chi connectivity index (χ3v) is 2.92. The quantitative estimate of drug-likeness (QED) is 0.873. The van der Waals surface area contributed by atoms with E-state index in [4.69, 9.17) is 23.2 Å². The van der Waals surface area contributed by atoms with Crippen LogP contribution in [0.5, 0.6) is 0 Å². The van der Waals surface area contributed by atoms with Crippen molar-refractivity contribution >= 4 is 29.1 Å². The summed E-state index contributed by atoms with van der Waals surface area (Å²) in [4.78, 5) is 11.9. The van der Waals surface area contributed by atoms with Crippen molar-refractivity contribution in [1.82, 2.24) is 5.32 Å². The molecular weight excluding hydrogens is 245 g/mol. The number of nitrogens with one attached hydrogen (secondary N) is 1. The molecule has 4 heteroatoms. The second-order valence-electron chi connectivity index (χ2n) is 3.76. The minimum Gasteiger partial charge on any atom is -0.349 e. The maximum Gasteiger partial charge on any atom is 0.254 e. The molecule has 16 heavy (non-hydrogen) atoms. The van der Waals surface area contributed by atoms with Gasteiger partial charge in [-0.05, 0) is 25.5 Å². The zero-order valence-corrected chi connectivity index (χ0v) is 10.9. The van der Waals surface area contributed by atoms with Crippen LogP contribution in [0.25, 0.3) is 0 Å². The van der Waals surface area contributed by atoms with E-state index in [9.17, 15) is 4.79 Å². The highest BCUT2D eigenvalue weighted by molar-refractivity contribution is 6.39. The van der Waals surface area contributed by atoms with Gasteiger partial charge in [-0.15, -0.1) is 0 Å². The molecular formula is C12H15Cl2NO. The van der Waals surface area contributed by atoms with Crippen molar-refractivity contribution in [3.63, 3.8) is 0 Å². The Bertz CT molecular complexity index is 359. The molecule has 0 aliphatic carbocycles. The van der Waals surface area contributed by atoms with Crippen molar-refractivity contribution in [2.45, 2.75) is 32.7 Å². The maximum atomic E-state index is 11.9. The van der Waals surface area contributed by atoms with Crippen LogP contribution in [0.4, 0.5) is 0 Å². The Hall–Kier alpha value is -0.730. The van der Waals surface area contributed by atoms with E-state index in [-0.39, 0.29) is 11.9 Å². The summed E-state index contributed by atoms with van der Waals surface area (Å²) in [7, 11) is 0. The predicted octanol–water partition coefficient (Wildman–Crippen LogP) is 3.91. The molecule has 88 valence electrons. The Labute approximate surface area is 106 Å². The fourth-order valence-electron chi connectivity index (χ4n) is 1.52. The number of rotatable bonds is 4. The van der Waals surface area contributed by atoms with Gasteiger partial charge in [-0.25, -0.2) is 0 Å². The van der Waals surface area contributed by atoms with Crippen molar-refractivity contribution in [2.24, 2.45) is 0 Å². The summed E-state index contributed by atoms with van der Waals surface area (Å²) in [5, 5.41) is 3.64. The summed E-state index contributed by atoms with van der Waals surface area (Å²) >= 11 is 11.9. The van der Waals surface area contributed by atoms with Gasteiger partial charge in [0, 0.05) is 6.04 Å². The SMILES string of the molecule is CCC[C@H](C)NC(=O)c1c(Cl)cccc1Cl. The smallest absolute Gasteiger partial charge is 0.254 e. The number of benzene rings is 1. The summed E-state index contributed by atoms with van der Waals surface area (Å²) in [5.74, 6) is -0.212. The largest absolute Gasteiger partial charge is 0.349 e. The lowest BCUT2D eigenvalue weighted by Gasteiger charge is -2.14. The molecule has 0 fully saturated rings. The van der Waals surface area contributed by atoms with E-state index in [1.807, 2.05) is 6.92 Å². The Morgan fingerprint density at radius 2 is 1.94 bits per heavy atom. The normalized spacial score (nSPS) is 12.2. The second-order valence-corrected chi connectivity index (χ2v) is 4.57. The molecule has 0 unspecified atom stereocenters. The van der Waals surface area contributed by atoms with Gasteiger partial charge >= 0.3 is 0 Å². The molecule has 1 aromatic rings. The van der Waals surface area contributed by atoms with E-state index in [0.29, 0.717) is 15.6 Å². The Kier molecular flexibility index (Phi) is 5.10. The van der Waals surface area contributed by atoms with Crippen molar-refractivity contribution < 1.29 is 4.79 Å². The molecule has 0 aromatic heterocycles. The number of carbonyl (C=O) groups is 1. The average Bonchev–Trinajstić information content (AvgIpc) is 2.17. The maximum absolute atomic E-state index is 11.9. The zero-order valence-electron chi connectivity index (χ0n) is 9.39. The third kappa shape index (κ3) is 3.39. The van der Waals surface area contributed by atoms with E-state index >= 15 is 0 Å². The van der Waals surface area contributed by atoms with Crippen LogP contribution in [-0.4, -0.2) is 11.9 Å². The molecule has 0 saturated heterocycles. The van der Waals surface area contributed by atoms with Gasteiger partial charge in [0.2, 0.25) is 0 Å². The van der Waals surface area contributed by atoms with Gasteiger partial charge in [-0.3, -0.25) is 4.79 Å². The highest BCUT2D eigenvalue weighted by Gasteiger charge is 2.15. The number of halogens is 2. The fourth-order valence-corrected chi connectivity index (χ4v) is 2.08. The fraction of sp³-hybridized carbons (Fsp3) is 0.417. The van der Waals surface area contributed by atoms with Crippen molar-refractivity contribution in [1.29, 1.82) is 0 Å². The number of hydrogen-bond donors (Lipinski definition) is 1. The van der Waals surface area contributed by atoms with Gasteiger partial charge in [0.15, 0.2) is 0 Å². The van der Waals surface area contributed by atoms with Crippen LogP contribution in [0, 0.1) is 0 Å².